The summed E-state index contributed by atoms with van der Waals surface area (Å²) in [7, 11) is 1.55. The highest BCUT2D eigenvalue weighted by molar-refractivity contribution is 6.33. The van der Waals surface area contributed by atoms with Crippen molar-refractivity contribution >= 4 is 48.4 Å². The van der Waals surface area contributed by atoms with Crippen LogP contribution < -0.4 is 10.6 Å². The maximum absolute atomic E-state index is 13.6. The zero-order chi connectivity index (χ0) is 36.1. The topological polar surface area (TPSA) is 139 Å². The summed E-state index contributed by atoms with van der Waals surface area (Å²) in [6.07, 6.45) is -1.19. The largest absolute Gasteiger partial charge is 0.416 e. The van der Waals surface area contributed by atoms with E-state index in [-0.39, 0.29) is 42.6 Å². The SMILES string of the molecule is C=NCC1=CCOCC1.C=NN(CC(=O)Nc1ccc(C(F)(F)F)cc1Cl)C(=O)/C(=C(/CC)NC)N1CCN(C(=O)C(F)(F)CO)CC1. The van der Waals surface area contributed by atoms with Crippen molar-refractivity contribution in [1.29, 1.82) is 0 Å². The van der Waals surface area contributed by atoms with Crippen LogP contribution in [0.5, 0.6) is 0 Å². The number of nitrogens with zero attached hydrogens (tertiary/aromatic N) is 5. The molecule has 0 unspecified atom stereocenters. The molecule has 0 atom stereocenters. The second kappa shape index (κ2) is 18.5. The molecule has 266 valence electrons. The van der Waals surface area contributed by atoms with Gasteiger partial charge in [0.1, 0.15) is 18.8 Å². The van der Waals surface area contributed by atoms with Gasteiger partial charge in [-0.2, -0.15) is 27.1 Å². The van der Waals surface area contributed by atoms with Crippen LogP contribution in [-0.2, 0) is 25.3 Å². The van der Waals surface area contributed by atoms with Crippen molar-refractivity contribution in [2.45, 2.75) is 31.9 Å². The molecule has 48 heavy (non-hydrogen) atoms. The van der Waals surface area contributed by atoms with Crippen molar-refractivity contribution < 1.29 is 46.2 Å². The standard InChI is InChI=1S/C23H28ClF5N6O4.C7H11NO/c1-4-16(30-2)19(33-7-9-34(10-8-33)21(39)22(25,26)13-36)20(38)35(31-3)12-18(37)32-17-6-5-14(11-15(17)24)23(27,28)29;1-8-6-7-2-4-9-5-3-7/h5-6,11,30,36H,3-4,7-10,12-13H2,1-2H3,(H,32,37);2H,1,3-6H2/b19-16+;. The first kappa shape index (κ1) is 40.1. The number of benzene rings is 1. The number of ether oxygens (including phenoxy) is 1. The number of carbonyl (C=O) groups excluding carboxylic acids is 3. The molecule has 0 aliphatic carbocycles. The van der Waals surface area contributed by atoms with Gasteiger partial charge in [-0.25, -0.2) is 5.01 Å². The minimum atomic E-state index is -4.63. The summed E-state index contributed by atoms with van der Waals surface area (Å²) >= 11 is 5.87. The maximum atomic E-state index is 13.6. The Kier molecular flexibility index (Phi) is 15.4. The summed E-state index contributed by atoms with van der Waals surface area (Å²) < 4.78 is 71.0. The Morgan fingerprint density at radius 2 is 1.75 bits per heavy atom. The molecule has 1 aromatic rings. The van der Waals surface area contributed by atoms with Crippen molar-refractivity contribution in [2.24, 2.45) is 10.1 Å². The van der Waals surface area contributed by atoms with Gasteiger partial charge in [0.25, 0.3) is 11.8 Å². The van der Waals surface area contributed by atoms with E-state index in [1.165, 1.54) is 5.57 Å². The zero-order valence-corrected chi connectivity index (χ0v) is 27.3. The maximum Gasteiger partial charge on any atom is 0.416 e. The van der Waals surface area contributed by atoms with Gasteiger partial charge in [-0.15, -0.1) is 0 Å². The van der Waals surface area contributed by atoms with Crippen molar-refractivity contribution in [3.63, 3.8) is 0 Å². The molecule has 0 aromatic heterocycles. The Labute approximate surface area is 279 Å². The summed E-state index contributed by atoms with van der Waals surface area (Å²) in [6, 6.07) is 2.35. The molecule has 3 amide bonds. The summed E-state index contributed by atoms with van der Waals surface area (Å²) in [5, 5.41) is 17.9. The fraction of sp³-hybridized carbons (Fsp3) is 0.500. The van der Waals surface area contributed by atoms with Crippen molar-refractivity contribution in [3.8, 4) is 0 Å². The number of hydrogen-bond donors (Lipinski definition) is 3. The van der Waals surface area contributed by atoms with Gasteiger partial charge >= 0.3 is 12.1 Å². The highest BCUT2D eigenvalue weighted by Crippen LogP contribution is 2.33. The van der Waals surface area contributed by atoms with E-state index in [0.717, 1.165) is 48.2 Å². The molecule has 0 spiro atoms. The van der Waals surface area contributed by atoms with Crippen LogP contribution in [0, 0.1) is 0 Å². The quantitative estimate of drug-likeness (QED) is 0.0996. The highest BCUT2D eigenvalue weighted by Gasteiger charge is 2.43. The van der Waals surface area contributed by atoms with E-state index in [2.05, 4.69) is 40.2 Å². The normalized spacial score (nSPS) is 15.6. The molecule has 0 radical (unpaired) electrons. The lowest BCUT2D eigenvalue weighted by molar-refractivity contribution is -0.164. The van der Waals surface area contributed by atoms with Gasteiger partial charge in [0.15, 0.2) is 0 Å². The Balaban J connectivity index is 0.000000764. The molecule has 12 nitrogen and oxygen atoms in total. The number of amides is 3. The monoisotopic (exact) mass is 707 g/mol. The Bertz CT molecular complexity index is 1380. The number of hydrogen-bond acceptors (Lipinski definition) is 9. The zero-order valence-electron chi connectivity index (χ0n) is 26.6. The number of piperazine rings is 1. The van der Waals surface area contributed by atoms with E-state index in [0.29, 0.717) is 18.2 Å². The fourth-order valence-corrected chi connectivity index (χ4v) is 4.86. The first-order chi connectivity index (χ1) is 22.6. The summed E-state index contributed by atoms with van der Waals surface area (Å²) in [4.78, 5) is 44.3. The molecule has 18 heteroatoms. The van der Waals surface area contributed by atoms with Gasteiger partial charge in [-0.05, 0) is 43.3 Å². The van der Waals surface area contributed by atoms with Gasteiger partial charge in [-0.1, -0.05) is 24.6 Å². The van der Waals surface area contributed by atoms with Crippen molar-refractivity contribution in [2.75, 3.05) is 71.5 Å². The molecule has 0 saturated carbocycles. The van der Waals surface area contributed by atoms with Crippen LogP contribution >= 0.6 is 11.6 Å². The summed E-state index contributed by atoms with van der Waals surface area (Å²) in [6.45, 7) is 8.19. The number of halogens is 6. The number of allylic oxidation sites excluding steroid dienone is 1. The van der Waals surface area contributed by atoms with Crippen LogP contribution in [0.3, 0.4) is 0 Å². The number of hydrazone groups is 1. The van der Waals surface area contributed by atoms with E-state index in [1.54, 1.807) is 18.9 Å². The number of aliphatic imine (C=N–C) groups is 1. The van der Waals surface area contributed by atoms with E-state index >= 15 is 0 Å². The second-order valence-electron chi connectivity index (χ2n) is 10.4. The Morgan fingerprint density at radius 1 is 1.10 bits per heavy atom. The number of nitrogens with one attached hydrogen (secondary N) is 2. The predicted octanol–water partition coefficient (Wildman–Crippen LogP) is 3.39. The number of rotatable bonds is 12. The van der Waals surface area contributed by atoms with Crippen LogP contribution in [-0.4, -0.2) is 123 Å². The van der Waals surface area contributed by atoms with Crippen LogP contribution in [0.15, 0.2) is 51.3 Å². The van der Waals surface area contributed by atoms with E-state index in [1.807, 2.05) is 0 Å². The van der Waals surface area contributed by atoms with Crippen LogP contribution in [0.2, 0.25) is 5.02 Å². The molecule has 1 fully saturated rings. The lowest BCUT2D eigenvalue weighted by Crippen LogP contribution is -2.55. The number of anilines is 1. The lowest BCUT2D eigenvalue weighted by atomic mass is 10.1. The van der Waals surface area contributed by atoms with Crippen molar-refractivity contribution in [3.05, 3.63) is 51.8 Å². The number of aliphatic hydroxyl groups is 1. The van der Waals surface area contributed by atoms with Crippen LogP contribution in [0.1, 0.15) is 25.3 Å². The van der Waals surface area contributed by atoms with E-state index in [4.69, 9.17) is 21.4 Å². The molecular weight excluding hydrogens is 669 g/mol. The molecule has 1 saturated heterocycles. The first-order valence-corrected chi connectivity index (χ1v) is 15.1. The molecule has 2 aliphatic heterocycles. The Hall–Kier alpha value is -4.09. The average molecular weight is 708 g/mol. The molecule has 1 aromatic carbocycles. The average Bonchev–Trinajstić information content (AvgIpc) is 3.07. The van der Waals surface area contributed by atoms with Crippen LogP contribution in [0.25, 0.3) is 0 Å². The third kappa shape index (κ3) is 11.3. The molecular formula is C30H39ClF5N7O5. The number of aliphatic hydroxyl groups excluding tert-OH is 1. The third-order valence-electron chi connectivity index (χ3n) is 7.18. The fourth-order valence-electron chi connectivity index (χ4n) is 4.63. The first-order valence-electron chi connectivity index (χ1n) is 14.7. The van der Waals surface area contributed by atoms with Gasteiger partial charge in [0.05, 0.1) is 36.0 Å². The molecule has 2 heterocycles. The number of carbonyl (C=O) groups is 3. The minimum Gasteiger partial charge on any atom is -0.390 e. The van der Waals surface area contributed by atoms with E-state index in [9.17, 15) is 36.3 Å². The highest BCUT2D eigenvalue weighted by atomic mass is 35.5. The van der Waals surface area contributed by atoms with E-state index < -0.39 is 48.5 Å². The van der Waals surface area contributed by atoms with Crippen molar-refractivity contribution in [1.82, 2.24) is 20.1 Å². The van der Waals surface area contributed by atoms with Gasteiger partial charge in [-0.3, -0.25) is 19.4 Å². The predicted molar refractivity (Wildman–Crippen MR) is 171 cm³/mol. The third-order valence-corrected chi connectivity index (χ3v) is 7.49. The molecule has 2 aliphatic rings. The molecule has 3 rings (SSSR count). The second-order valence-corrected chi connectivity index (χ2v) is 10.8. The smallest absolute Gasteiger partial charge is 0.390 e. The number of alkyl halides is 5. The van der Waals surface area contributed by atoms with Gasteiger partial charge in [0.2, 0.25) is 5.91 Å². The van der Waals surface area contributed by atoms with Gasteiger partial charge in [0, 0.05) is 45.6 Å². The molecule has 0 bridgehead atoms. The summed E-state index contributed by atoms with van der Waals surface area (Å²) in [5.41, 5.74) is 0.725. The lowest BCUT2D eigenvalue weighted by Gasteiger charge is -2.39. The van der Waals surface area contributed by atoms with Crippen LogP contribution in [0.4, 0.5) is 27.6 Å². The molecule has 3 N–H and O–H groups in total. The minimum absolute atomic E-state index is 0.0160. The Morgan fingerprint density at radius 3 is 2.23 bits per heavy atom. The summed E-state index contributed by atoms with van der Waals surface area (Å²) in [5.74, 6) is -7.06. The van der Waals surface area contributed by atoms with Gasteiger partial charge < -0.3 is 30.3 Å².